The molecule has 106 valence electrons. The zero-order chi connectivity index (χ0) is 14.6. The Morgan fingerprint density at radius 1 is 1.42 bits per heavy atom. The van der Waals surface area contributed by atoms with E-state index in [2.05, 4.69) is 10.3 Å². The second-order valence-electron chi connectivity index (χ2n) is 4.77. The van der Waals surface area contributed by atoms with Gasteiger partial charge in [-0.3, -0.25) is 4.79 Å². The lowest BCUT2D eigenvalue weighted by Gasteiger charge is -2.14. The molecule has 0 bridgehead atoms. The van der Waals surface area contributed by atoms with E-state index < -0.39 is 9.84 Å². The molecule has 0 aliphatic carbocycles. The Bertz CT molecular complexity index is 538. The minimum Gasteiger partial charge on any atom is -0.367 e. The number of amides is 1. The molecule has 0 aliphatic heterocycles. The largest absolute Gasteiger partial charge is 0.367 e. The van der Waals surface area contributed by atoms with Crippen molar-refractivity contribution in [3.8, 4) is 0 Å². The number of sulfone groups is 1. The highest BCUT2D eigenvalue weighted by Crippen LogP contribution is 2.08. The number of carbonyl (C=O) groups excluding carboxylic acids is 1. The van der Waals surface area contributed by atoms with E-state index in [-0.39, 0.29) is 17.7 Å². The maximum atomic E-state index is 11.7. The fourth-order valence-electron chi connectivity index (χ4n) is 1.61. The van der Waals surface area contributed by atoms with Gasteiger partial charge in [-0.15, -0.1) is 0 Å². The monoisotopic (exact) mass is 285 g/mol. The fraction of sp³-hybridized carbons (Fsp3) is 0.500. The molecule has 19 heavy (non-hydrogen) atoms. The summed E-state index contributed by atoms with van der Waals surface area (Å²) in [4.78, 5) is 17.2. The van der Waals surface area contributed by atoms with Crippen molar-refractivity contribution in [2.24, 2.45) is 0 Å². The van der Waals surface area contributed by atoms with E-state index in [1.807, 2.05) is 0 Å². The van der Waals surface area contributed by atoms with Gasteiger partial charge in [0.25, 0.3) is 5.91 Å². The molecule has 0 radical (unpaired) electrons. The minimum atomic E-state index is -3.03. The standard InChI is InChI=1S/C12H19N3O3S/c1-9(8-19(4,17)18)14-11-6-5-10(7-13-11)12(16)15(2)3/h5-7,9H,8H2,1-4H3,(H,13,14). The van der Waals surface area contributed by atoms with Gasteiger partial charge in [0.15, 0.2) is 0 Å². The molecule has 0 aromatic carbocycles. The van der Waals surface area contributed by atoms with Gasteiger partial charge >= 0.3 is 0 Å². The Morgan fingerprint density at radius 3 is 2.47 bits per heavy atom. The van der Waals surface area contributed by atoms with Gasteiger partial charge in [0.2, 0.25) is 0 Å². The number of anilines is 1. The minimum absolute atomic E-state index is 0.0348. The average molecular weight is 285 g/mol. The van der Waals surface area contributed by atoms with Crippen LogP contribution in [0.15, 0.2) is 18.3 Å². The lowest BCUT2D eigenvalue weighted by molar-refractivity contribution is 0.0827. The predicted octanol–water partition coefficient (Wildman–Crippen LogP) is 0.628. The maximum Gasteiger partial charge on any atom is 0.254 e. The first-order chi connectivity index (χ1) is 8.69. The molecule has 0 spiro atoms. The van der Waals surface area contributed by atoms with Crippen molar-refractivity contribution in [1.82, 2.24) is 9.88 Å². The third kappa shape index (κ3) is 5.25. The van der Waals surface area contributed by atoms with E-state index in [0.717, 1.165) is 0 Å². The van der Waals surface area contributed by atoms with Crippen molar-refractivity contribution in [3.63, 3.8) is 0 Å². The lowest BCUT2D eigenvalue weighted by Crippen LogP contribution is -2.25. The van der Waals surface area contributed by atoms with Crippen LogP contribution in [0.2, 0.25) is 0 Å². The molecule has 7 heteroatoms. The van der Waals surface area contributed by atoms with Gasteiger partial charge in [-0.2, -0.15) is 0 Å². The molecule has 0 fully saturated rings. The van der Waals surface area contributed by atoms with Crippen molar-refractivity contribution < 1.29 is 13.2 Å². The molecule has 1 unspecified atom stereocenters. The third-order valence-electron chi connectivity index (χ3n) is 2.36. The molecule has 0 saturated heterocycles. The van der Waals surface area contributed by atoms with Crippen LogP contribution in [0.25, 0.3) is 0 Å². The van der Waals surface area contributed by atoms with E-state index >= 15 is 0 Å². The van der Waals surface area contributed by atoms with Crippen LogP contribution >= 0.6 is 0 Å². The molecule has 1 aromatic heterocycles. The first-order valence-electron chi connectivity index (χ1n) is 5.81. The topological polar surface area (TPSA) is 79.4 Å². The summed E-state index contributed by atoms with van der Waals surface area (Å²) in [5.41, 5.74) is 0.492. The Labute approximate surface area is 113 Å². The van der Waals surface area contributed by atoms with Crippen LogP contribution < -0.4 is 5.32 Å². The second-order valence-corrected chi connectivity index (χ2v) is 6.95. The fourth-order valence-corrected chi connectivity index (χ4v) is 2.60. The molecule has 1 atom stereocenters. The Morgan fingerprint density at radius 2 is 2.05 bits per heavy atom. The SMILES string of the molecule is CC(CS(C)(=O)=O)Nc1ccc(C(=O)N(C)C)cn1. The van der Waals surface area contributed by atoms with Gasteiger partial charge in [-0.05, 0) is 19.1 Å². The summed E-state index contributed by atoms with van der Waals surface area (Å²) in [5.74, 6) is 0.460. The van der Waals surface area contributed by atoms with Crippen LogP contribution in [0.1, 0.15) is 17.3 Å². The van der Waals surface area contributed by atoms with E-state index in [0.29, 0.717) is 11.4 Å². The molecular weight excluding hydrogens is 266 g/mol. The van der Waals surface area contributed by atoms with Crippen LogP contribution in [-0.4, -0.2) is 56.4 Å². The lowest BCUT2D eigenvalue weighted by atomic mass is 10.2. The maximum absolute atomic E-state index is 11.7. The average Bonchev–Trinajstić information content (AvgIpc) is 2.26. The quantitative estimate of drug-likeness (QED) is 0.858. The van der Waals surface area contributed by atoms with Gasteiger partial charge < -0.3 is 10.2 Å². The third-order valence-corrected chi connectivity index (χ3v) is 3.47. The molecule has 6 nitrogen and oxygen atoms in total. The van der Waals surface area contributed by atoms with Crippen molar-refractivity contribution in [2.45, 2.75) is 13.0 Å². The van der Waals surface area contributed by atoms with Gasteiger partial charge in [-0.1, -0.05) is 0 Å². The van der Waals surface area contributed by atoms with Gasteiger partial charge in [0.05, 0.1) is 11.3 Å². The number of aromatic nitrogens is 1. The van der Waals surface area contributed by atoms with E-state index in [1.54, 1.807) is 33.2 Å². The van der Waals surface area contributed by atoms with Crippen molar-refractivity contribution in [2.75, 3.05) is 31.4 Å². The number of pyridine rings is 1. The normalized spacial score (nSPS) is 12.8. The molecule has 1 aromatic rings. The van der Waals surface area contributed by atoms with Crippen LogP contribution in [0.5, 0.6) is 0 Å². The molecule has 1 amide bonds. The molecule has 0 aliphatic rings. The molecule has 0 saturated carbocycles. The van der Waals surface area contributed by atoms with Gasteiger partial charge in [-0.25, -0.2) is 13.4 Å². The smallest absolute Gasteiger partial charge is 0.254 e. The first kappa shape index (κ1) is 15.4. The van der Waals surface area contributed by atoms with Crippen LogP contribution in [0.3, 0.4) is 0 Å². The number of nitrogens with zero attached hydrogens (tertiary/aromatic N) is 2. The van der Waals surface area contributed by atoms with Gasteiger partial charge in [0, 0.05) is 32.6 Å². The van der Waals surface area contributed by atoms with Crippen molar-refractivity contribution in [3.05, 3.63) is 23.9 Å². The Kier molecular flexibility index (Phi) is 4.88. The Balaban J connectivity index is 2.70. The number of carbonyl (C=O) groups is 1. The van der Waals surface area contributed by atoms with E-state index in [4.69, 9.17) is 0 Å². The summed E-state index contributed by atoms with van der Waals surface area (Å²) >= 11 is 0. The summed E-state index contributed by atoms with van der Waals surface area (Å²) < 4.78 is 22.3. The Hall–Kier alpha value is -1.63. The molecule has 1 N–H and O–H groups in total. The zero-order valence-corrected chi connectivity index (χ0v) is 12.4. The highest BCUT2D eigenvalue weighted by Gasteiger charge is 2.12. The highest BCUT2D eigenvalue weighted by molar-refractivity contribution is 7.90. The zero-order valence-electron chi connectivity index (χ0n) is 11.5. The summed E-state index contributed by atoms with van der Waals surface area (Å²) in [7, 11) is 0.311. The molecule has 1 rings (SSSR count). The summed E-state index contributed by atoms with van der Waals surface area (Å²) in [6.07, 6.45) is 2.66. The number of hydrogen-bond acceptors (Lipinski definition) is 5. The van der Waals surface area contributed by atoms with Gasteiger partial charge in [0.1, 0.15) is 15.7 Å². The molecule has 1 heterocycles. The summed E-state index contributed by atoms with van der Waals surface area (Å²) in [6, 6.07) is 3.08. The highest BCUT2D eigenvalue weighted by atomic mass is 32.2. The number of nitrogens with one attached hydrogen (secondary N) is 1. The van der Waals surface area contributed by atoms with Crippen molar-refractivity contribution >= 4 is 21.6 Å². The van der Waals surface area contributed by atoms with Crippen LogP contribution in [0, 0.1) is 0 Å². The summed E-state index contributed by atoms with van der Waals surface area (Å²) in [6.45, 7) is 1.77. The number of rotatable bonds is 5. The van der Waals surface area contributed by atoms with Crippen LogP contribution in [-0.2, 0) is 9.84 Å². The summed E-state index contributed by atoms with van der Waals surface area (Å²) in [5, 5.41) is 2.98. The first-order valence-corrected chi connectivity index (χ1v) is 7.87. The van der Waals surface area contributed by atoms with Crippen LogP contribution in [0.4, 0.5) is 5.82 Å². The molecular formula is C12H19N3O3S. The predicted molar refractivity (Wildman–Crippen MR) is 75.1 cm³/mol. The number of hydrogen-bond donors (Lipinski definition) is 1. The second kappa shape index (κ2) is 6.01. The van der Waals surface area contributed by atoms with Crippen molar-refractivity contribution in [1.29, 1.82) is 0 Å². The van der Waals surface area contributed by atoms with E-state index in [9.17, 15) is 13.2 Å². The van der Waals surface area contributed by atoms with E-state index in [1.165, 1.54) is 17.4 Å².